The van der Waals surface area contributed by atoms with E-state index in [-0.39, 0.29) is 23.8 Å². The highest BCUT2D eigenvalue weighted by atomic mass is 16.5. The van der Waals surface area contributed by atoms with Crippen molar-refractivity contribution in [1.82, 2.24) is 19.8 Å². The molecule has 1 aromatic carbocycles. The second-order valence-electron chi connectivity index (χ2n) is 12.0. The highest BCUT2D eigenvalue weighted by Crippen LogP contribution is 2.42. The van der Waals surface area contributed by atoms with Crippen molar-refractivity contribution in [2.75, 3.05) is 73.4 Å². The number of anilines is 5. The van der Waals surface area contributed by atoms with Crippen LogP contribution in [0.4, 0.5) is 28.8 Å². The monoisotopic (exact) mass is 590 g/mol. The molecular weight excluding hydrogens is 548 g/mol. The molecule has 3 amide bonds. The summed E-state index contributed by atoms with van der Waals surface area (Å²) in [6.07, 6.45) is 7.63. The molecule has 43 heavy (non-hydrogen) atoms. The smallest absolute Gasteiger partial charge is 0.249 e. The van der Waals surface area contributed by atoms with Crippen LogP contribution in [-0.2, 0) is 20.8 Å². The van der Waals surface area contributed by atoms with Gasteiger partial charge >= 0.3 is 0 Å². The van der Waals surface area contributed by atoms with Gasteiger partial charge in [-0.2, -0.15) is 4.98 Å². The molecule has 12 heteroatoms. The number of likely N-dealkylation sites (N-methyl/N-ethyl adjacent to an activating group) is 1. The van der Waals surface area contributed by atoms with Crippen LogP contribution < -0.4 is 24.8 Å². The number of benzene rings is 1. The quantitative estimate of drug-likeness (QED) is 0.520. The van der Waals surface area contributed by atoms with Crippen LogP contribution >= 0.6 is 0 Å². The third-order valence-corrected chi connectivity index (χ3v) is 9.43. The van der Waals surface area contributed by atoms with Gasteiger partial charge in [0.15, 0.2) is 5.82 Å². The molecule has 230 valence electrons. The Hall–Kier alpha value is -3.93. The molecule has 1 atom stereocenters. The maximum atomic E-state index is 13.3. The third kappa shape index (κ3) is 5.48. The van der Waals surface area contributed by atoms with Gasteiger partial charge < -0.3 is 29.7 Å². The summed E-state index contributed by atoms with van der Waals surface area (Å²) in [6.45, 7) is 7.27. The van der Waals surface area contributed by atoms with E-state index in [1.807, 2.05) is 21.9 Å². The van der Waals surface area contributed by atoms with Crippen LogP contribution in [0.1, 0.15) is 51.5 Å². The Morgan fingerprint density at radius 2 is 1.81 bits per heavy atom. The van der Waals surface area contributed by atoms with Crippen molar-refractivity contribution in [3.8, 4) is 5.75 Å². The van der Waals surface area contributed by atoms with Gasteiger partial charge in [0.05, 0.1) is 31.2 Å². The van der Waals surface area contributed by atoms with Crippen LogP contribution in [0.15, 0.2) is 18.3 Å². The topological polar surface area (TPSA) is 114 Å². The van der Waals surface area contributed by atoms with Crippen molar-refractivity contribution in [1.29, 1.82) is 0 Å². The predicted octanol–water partition coefficient (Wildman–Crippen LogP) is 2.79. The summed E-state index contributed by atoms with van der Waals surface area (Å²) in [6, 6.07) is 3.99. The number of hydrogen-bond donors (Lipinski definition) is 1. The van der Waals surface area contributed by atoms with Gasteiger partial charge in [-0.25, -0.2) is 4.98 Å². The van der Waals surface area contributed by atoms with E-state index in [0.29, 0.717) is 63.4 Å². The molecule has 1 N–H and O–H groups in total. The zero-order chi connectivity index (χ0) is 30.2. The van der Waals surface area contributed by atoms with Gasteiger partial charge in [-0.15, -0.1) is 0 Å². The van der Waals surface area contributed by atoms with Crippen LogP contribution in [0.2, 0.25) is 0 Å². The SMILES string of the molecule is CC[C@@H]1C(=O)N(C)c2cnc(Nc3cc4c(cc3OC)N(C(=O)CN3CCN(C(C)=O)CC3)CC4)nc2N1C1CCCC1. The summed E-state index contributed by atoms with van der Waals surface area (Å²) < 4.78 is 5.77. The number of methoxy groups -OCH3 is 1. The molecule has 1 aromatic heterocycles. The number of ether oxygens (including phenoxy) is 1. The number of piperazine rings is 1. The zero-order valence-corrected chi connectivity index (χ0v) is 25.6. The van der Waals surface area contributed by atoms with Gasteiger partial charge in [-0.3, -0.25) is 19.3 Å². The highest BCUT2D eigenvalue weighted by molar-refractivity contribution is 6.04. The Labute approximate surface area is 253 Å². The van der Waals surface area contributed by atoms with Gasteiger partial charge in [0.2, 0.25) is 23.7 Å². The highest BCUT2D eigenvalue weighted by Gasteiger charge is 2.41. The molecule has 4 heterocycles. The van der Waals surface area contributed by atoms with E-state index >= 15 is 0 Å². The Morgan fingerprint density at radius 3 is 2.49 bits per heavy atom. The molecule has 0 radical (unpaired) electrons. The van der Waals surface area contributed by atoms with Crippen LogP contribution in [0.3, 0.4) is 0 Å². The van der Waals surface area contributed by atoms with E-state index in [2.05, 4.69) is 27.0 Å². The number of nitrogens with zero attached hydrogens (tertiary/aromatic N) is 7. The first-order valence-corrected chi connectivity index (χ1v) is 15.5. The number of hydrogen-bond acceptors (Lipinski definition) is 9. The molecule has 0 spiro atoms. The molecule has 1 aliphatic carbocycles. The van der Waals surface area contributed by atoms with Crippen molar-refractivity contribution in [3.63, 3.8) is 0 Å². The van der Waals surface area contributed by atoms with Crippen LogP contribution in [0.25, 0.3) is 0 Å². The fourth-order valence-electron chi connectivity index (χ4n) is 7.01. The van der Waals surface area contributed by atoms with Gasteiger partial charge in [-0.1, -0.05) is 19.8 Å². The van der Waals surface area contributed by atoms with E-state index in [1.165, 1.54) is 0 Å². The van der Waals surface area contributed by atoms with Crippen molar-refractivity contribution >= 4 is 46.5 Å². The molecular formula is C31H42N8O4. The van der Waals surface area contributed by atoms with Crippen molar-refractivity contribution in [2.45, 2.75) is 64.5 Å². The normalized spacial score (nSPS) is 20.8. The number of carbonyl (C=O) groups is 3. The van der Waals surface area contributed by atoms with E-state index < -0.39 is 0 Å². The lowest BCUT2D eigenvalue weighted by molar-refractivity contribution is -0.130. The molecule has 4 aliphatic rings. The maximum Gasteiger partial charge on any atom is 0.249 e. The number of fused-ring (bicyclic) bond motifs is 2. The minimum absolute atomic E-state index is 0.0481. The van der Waals surface area contributed by atoms with Crippen LogP contribution in [0, 0.1) is 0 Å². The minimum atomic E-state index is -0.237. The predicted molar refractivity (Wildman–Crippen MR) is 165 cm³/mol. The molecule has 2 aromatic rings. The van der Waals surface area contributed by atoms with E-state index in [9.17, 15) is 14.4 Å². The fraction of sp³-hybridized carbons (Fsp3) is 0.581. The number of aromatic nitrogens is 2. The molecule has 1 saturated heterocycles. The Bertz CT molecular complexity index is 1400. The second kappa shape index (κ2) is 12.0. The standard InChI is InChI=1S/C31H42N8O4/c1-5-24-30(42)35(3)26-18-32-31(34-29(26)39(24)22-8-6-7-9-22)33-23-16-21-10-11-38(25(21)17-27(23)43-4)28(41)19-36-12-14-37(15-13-36)20(2)40/h16-18,22,24H,5-15,19H2,1-4H3,(H,32,33,34)/t24-/m1/s1. The number of carbonyl (C=O) groups excluding carboxylic acids is 3. The van der Waals surface area contributed by atoms with Gasteiger partial charge in [0, 0.05) is 58.8 Å². The summed E-state index contributed by atoms with van der Waals surface area (Å²) in [5.74, 6) is 2.04. The first-order chi connectivity index (χ1) is 20.8. The zero-order valence-electron chi connectivity index (χ0n) is 25.6. The lowest BCUT2D eigenvalue weighted by atomic mass is 10.0. The fourth-order valence-corrected chi connectivity index (χ4v) is 7.01. The van der Waals surface area contributed by atoms with Crippen LogP contribution in [-0.4, -0.2) is 103 Å². The lowest BCUT2D eigenvalue weighted by Gasteiger charge is -2.43. The van der Waals surface area contributed by atoms with Gasteiger partial charge in [0.25, 0.3) is 0 Å². The molecule has 2 fully saturated rings. The number of amides is 3. The molecule has 3 aliphatic heterocycles. The first kappa shape index (κ1) is 29.2. The van der Waals surface area contributed by atoms with E-state index in [0.717, 1.165) is 60.5 Å². The van der Waals surface area contributed by atoms with Gasteiger partial charge in [0.1, 0.15) is 17.5 Å². The average molecular weight is 591 g/mol. The van der Waals surface area contributed by atoms with E-state index in [1.54, 1.807) is 32.2 Å². The Kier molecular flexibility index (Phi) is 8.13. The van der Waals surface area contributed by atoms with E-state index in [4.69, 9.17) is 9.72 Å². The molecule has 1 saturated carbocycles. The minimum Gasteiger partial charge on any atom is -0.494 e. The molecule has 0 bridgehead atoms. The number of rotatable bonds is 7. The molecule has 0 unspecified atom stereocenters. The number of nitrogens with one attached hydrogen (secondary N) is 1. The summed E-state index contributed by atoms with van der Waals surface area (Å²) in [5.41, 5.74) is 3.37. The summed E-state index contributed by atoms with van der Waals surface area (Å²) in [7, 11) is 3.42. The second-order valence-corrected chi connectivity index (χ2v) is 12.0. The van der Waals surface area contributed by atoms with Crippen molar-refractivity contribution in [3.05, 3.63) is 23.9 Å². The molecule has 6 rings (SSSR count). The van der Waals surface area contributed by atoms with Gasteiger partial charge in [-0.05, 0) is 37.3 Å². The summed E-state index contributed by atoms with van der Waals surface area (Å²) >= 11 is 0. The Balaban J connectivity index is 1.22. The summed E-state index contributed by atoms with van der Waals surface area (Å²) in [5, 5.41) is 3.38. The first-order valence-electron chi connectivity index (χ1n) is 15.5. The summed E-state index contributed by atoms with van der Waals surface area (Å²) in [4.78, 5) is 57.5. The van der Waals surface area contributed by atoms with Crippen molar-refractivity contribution in [2.24, 2.45) is 0 Å². The lowest BCUT2D eigenvalue weighted by Crippen LogP contribution is -2.55. The Morgan fingerprint density at radius 1 is 1.07 bits per heavy atom. The maximum absolute atomic E-state index is 13.3. The third-order valence-electron chi connectivity index (χ3n) is 9.43. The van der Waals surface area contributed by atoms with Crippen LogP contribution in [0.5, 0.6) is 5.75 Å². The average Bonchev–Trinajstić information content (AvgIpc) is 3.69. The largest absolute Gasteiger partial charge is 0.494 e. The van der Waals surface area contributed by atoms with Crippen molar-refractivity contribution < 1.29 is 19.1 Å². The molecule has 12 nitrogen and oxygen atoms in total.